The third-order valence-electron chi connectivity index (χ3n) is 2.57. The van der Waals surface area contributed by atoms with E-state index in [1.165, 1.54) is 19.2 Å². The fourth-order valence-electron chi connectivity index (χ4n) is 1.67. The fourth-order valence-corrected chi connectivity index (χ4v) is 1.93. The van der Waals surface area contributed by atoms with E-state index < -0.39 is 17.5 Å². The molecule has 1 unspecified atom stereocenters. The lowest BCUT2D eigenvalue weighted by Gasteiger charge is -2.16. The van der Waals surface area contributed by atoms with Gasteiger partial charge in [0, 0.05) is 18.6 Å². The van der Waals surface area contributed by atoms with Crippen molar-refractivity contribution in [2.24, 2.45) is 0 Å². The Hall–Kier alpha value is -1.20. The standard InChI is InChI=1S/C13H16ClF2NO2/c1-19-8-10(5-6-14)17-12(18)7-9-3-2-4-11(15)13(9)16/h2-4,10H,5-8H2,1H3,(H,17,18). The molecule has 6 heteroatoms. The lowest BCUT2D eigenvalue weighted by atomic mass is 10.1. The third-order valence-corrected chi connectivity index (χ3v) is 2.79. The molecule has 1 N–H and O–H groups in total. The van der Waals surface area contributed by atoms with E-state index in [0.717, 1.165) is 6.07 Å². The van der Waals surface area contributed by atoms with Crippen LogP contribution in [0.2, 0.25) is 0 Å². The molecule has 0 aromatic heterocycles. The molecule has 1 aromatic rings. The number of carbonyl (C=O) groups excluding carboxylic acids is 1. The molecule has 1 rings (SSSR count). The van der Waals surface area contributed by atoms with E-state index in [1.54, 1.807) is 0 Å². The number of carbonyl (C=O) groups is 1. The van der Waals surface area contributed by atoms with Crippen molar-refractivity contribution in [1.82, 2.24) is 5.32 Å². The molecule has 0 aliphatic rings. The maximum atomic E-state index is 13.4. The van der Waals surface area contributed by atoms with Crippen molar-refractivity contribution in [3.63, 3.8) is 0 Å². The van der Waals surface area contributed by atoms with Crippen LogP contribution in [0, 0.1) is 11.6 Å². The first-order valence-electron chi connectivity index (χ1n) is 5.85. The molecule has 0 saturated carbocycles. The highest BCUT2D eigenvalue weighted by atomic mass is 35.5. The van der Waals surface area contributed by atoms with E-state index in [2.05, 4.69) is 5.32 Å². The SMILES string of the molecule is COCC(CCCl)NC(=O)Cc1cccc(F)c1F. The molecule has 1 aromatic carbocycles. The Kier molecular flexibility index (Phi) is 6.73. The van der Waals surface area contributed by atoms with Gasteiger partial charge in [-0.15, -0.1) is 11.6 Å². The number of halogens is 3. The van der Waals surface area contributed by atoms with Gasteiger partial charge in [0.2, 0.25) is 5.91 Å². The second kappa shape index (κ2) is 8.07. The molecule has 0 bridgehead atoms. The Balaban J connectivity index is 2.61. The van der Waals surface area contributed by atoms with E-state index >= 15 is 0 Å². The van der Waals surface area contributed by atoms with Gasteiger partial charge in [-0.25, -0.2) is 8.78 Å². The second-order valence-corrected chi connectivity index (χ2v) is 4.47. The van der Waals surface area contributed by atoms with Gasteiger partial charge >= 0.3 is 0 Å². The highest BCUT2D eigenvalue weighted by molar-refractivity contribution is 6.17. The maximum absolute atomic E-state index is 13.4. The summed E-state index contributed by atoms with van der Waals surface area (Å²) in [5.74, 6) is -1.96. The van der Waals surface area contributed by atoms with Crippen LogP contribution in [0.15, 0.2) is 18.2 Å². The summed E-state index contributed by atoms with van der Waals surface area (Å²) < 4.78 is 31.3. The van der Waals surface area contributed by atoms with E-state index in [4.69, 9.17) is 16.3 Å². The molecule has 0 heterocycles. The van der Waals surface area contributed by atoms with Crippen LogP contribution in [-0.2, 0) is 16.0 Å². The Morgan fingerprint density at radius 2 is 2.21 bits per heavy atom. The first kappa shape index (κ1) is 15.9. The van der Waals surface area contributed by atoms with Gasteiger partial charge in [0.05, 0.1) is 19.1 Å². The Bertz CT molecular complexity index is 423. The topological polar surface area (TPSA) is 38.3 Å². The molecule has 0 saturated heterocycles. The number of alkyl halides is 1. The summed E-state index contributed by atoms with van der Waals surface area (Å²) in [5.41, 5.74) is 0.0274. The predicted octanol–water partition coefficient (Wildman–Crippen LogP) is 2.27. The number of hydrogen-bond acceptors (Lipinski definition) is 2. The van der Waals surface area contributed by atoms with E-state index in [9.17, 15) is 13.6 Å². The molecule has 1 atom stereocenters. The van der Waals surface area contributed by atoms with Crippen LogP contribution < -0.4 is 5.32 Å². The Morgan fingerprint density at radius 1 is 1.47 bits per heavy atom. The number of nitrogens with one attached hydrogen (secondary N) is 1. The van der Waals surface area contributed by atoms with Crippen LogP contribution in [-0.4, -0.2) is 31.5 Å². The molecule has 19 heavy (non-hydrogen) atoms. The first-order chi connectivity index (χ1) is 9.08. The van der Waals surface area contributed by atoms with Crippen LogP contribution in [0.25, 0.3) is 0 Å². The number of methoxy groups -OCH3 is 1. The first-order valence-corrected chi connectivity index (χ1v) is 6.39. The van der Waals surface area contributed by atoms with Gasteiger partial charge in [0.15, 0.2) is 11.6 Å². The third kappa shape index (κ3) is 5.12. The van der Waals surface area contributed by atoms with Gasteiger partial charge in [-0.05, 0) is 12.5 Å². The van der Waals surface area contributed by atoms with Crippen LogP contribution in [0.1, 0.15) is 12.0 Å². The minimum absolute atomic E-state index is 0.0274. The highest BCUT2D eigenvalue weighted by Gasteiger charge is 2.15. The zero-order valence-corrected chi connectivity index (χ0v) is 11.3. The van der Waals surface area contributed by atoms with Crippen molar-refractivity contribution in [2.45, 2.75) is 18.9 Å². The van der Waals surface area contributed by atoms with E-state index in [1.807, 2.05) is 0 Å². The summed E-state index contributed by atoms with van der Waals surface area (Å²) in [6.07, 6.45) is 0.332. The average molecular weight is 292 g/mol. The lowest BCUT2D eigenvalue weighted by molar-refractivity contribution is -0.121. The summed E-state index contributed by atoms with van der Waals surface area (Å²) in [7, 11) is 1.51. The summed E-state index contributed by atoms with van der Waals surface area (Å²) in [6, 6.07) is 3.53. The predicted molar refractivity (Wildman–Crippen MR) is 69.2 cm³/mol. The van der Waals surface area contributed by atoms with Crippen LogP contribution in [0.3, 0.4) is 0 Å². The average Bonchev–Trinajstić information content (AvgIpc) is 2.35. The summed E-state index contributed by atoms with van der Waals surface area (Å²) in [5, 5.41) is 2.68. The van der Waals surface area contributed by atoms with Gasteiger partial charge in [-0.3, -0.25) is 4.79 Å². The Morgan fingerprint density at radius 3 is 2.84 bits per heavy atom. The zero-order valence-electron chi connectivity index (χ0n) is 10.6. The normalized spacial score (nSPS) is 12.2. The quantitative estimate of drug-likeness (QED) is 0.783. The minimum atomic E-state index is -0.988. The summed E-state index contributed by atoms with van der Waals surface area (Å²) in [6.45, 7) is 0.324. The van der Waals surface area contributed by atoms with Gasteiger partial charge < -0.3 is 10.1 Å². The van der Waals surface area contributed by atoms with Crippen LogP contribution in [0.5, 0.6) is 0 Å². The largest absolute Gasteiger partial charge is 0.383 e. The molecule has 3 nitrogen and oxygen atoms in total. The smallest absolute Gasteiger partial charge is 0.224 e. The molecule has 0 spiro atoms. The number of amides is 1. The number of ether oxygens (including phenoxy) is 1. The van der Waals surface area contributed by atoms with Crippen molar-refractivity contribution in [3.8, 4) is 0 Å². The molecular formula is C13H16ClF2NO2. The second-order valence-electron chi connectivity index (χ2n) is 4.09. The van der Waals surface area contributed by atoms with Crippen LogP contribution >= 0.6 is 11.6 Å². The van der Waals surface area contributed by atoms with Crippen molar-refractivity contribution in [1.29, 1.82) is 0 Å². The van der Waals surface area contributed by atoms with Crippen molar-refractivity contribution in [2.75, 3.05) is 19.6 Å². The maximum Gasteiger partial charge on any atom is 0.224 e. The van der Waals surface area contributed by atoms with Gasteiger partial charge in [0.25, 0.3) is 0 Å². The molecule has 0 fully saturated rings. The Labute approximate surface area is 115 Å². The summed E-state index contributed by atoms with van der Waals surface area (Å²) in [4.78, 5) is 11.7. The molecule has 0 aliphatic carbocycles. The number of benzene rings is 1. The zero-order chi connectivity index (χ0) is 14.3. The van der Waals surface area contributed by atoms with Gasteiger partial charge in [0.1, 0.15) is 0 Å². The monoisotopic (exact) mass is 291 g/mol. The number of hydrogen-bond donors (Lipinski definition) is 1. The van der Waals surface area contributed by atoms with Crippen molar-refractivity contribution < 1.29 is 18.3 Å². The molecule has 0 aliphatic heterocycles. The summed E-state index contributed by atoms with van der Waals surface area (Å²) >= 11 is 5.61. The molecule has 1 amide bonds. The lowest BCUT2D eigenvalue weighted by Crippen LogP contribution is -2.39. The van der Waals surface area contributed by atoms with Crippen molar-refractivity contribution in [3.05, 3.63) is 35.4 Å². The number of rotatable bonds is 7. The van der Waals surface area contributed by atoms with Crippen LogP contribution in [0.4, 0.5) is 8.78 Å². The molecular weight excluding hydrogens is 276 g/mol. The van der Waals surface area contributed by atoms with Gasteiger partial charge in [-0.1, -0.05) is 12.1 Å². The fraction of sp³-hybridized carbons (Fsp3) is 0.462. The molecule has 0 radical (unpaired) electrons. The van der Waals surface area contributed by atoms with Crippen molar-refractivity contribution >= 4 is 17.5 Å². The highest BCUT2D eigenvalue weighted by Crippen LogP contribution is 2.12. The molecule has 106 valence electrons. The van der Waals surface area contributed by atoms with Gasteiger partial charge in [-0.2, -0.15) is 0 Å². The van der Waals surface area contributed by atoms with E-state index in [-0.39, 0.29) is 18.0 Å². The van der Waals surface area contributed by atoms with E-state index in [0.29, 0.717) is 18.9 Å². The minimum Gasteiger partial charge on any atom is -0.383 e.